The van der Waals surface area contributed by atoms with E-state index in [0.717, 1.165) is 4.57 Å². The first-order chi connectivity index (χ1) is 14.4. The van der Waals surface area contributed by atoms with Crippen LogP contribution in [0.3, 0.4) is 0 Å². The van der Waals surface area contributed by atoms with Gasteiger partial charge in [0.2, 0.25) is 0 Å². The van der Waals surface area contributed by atoms with Crippen molar-refractivity contribution in [1.29, 1.82) is 0 Å². The number of aromatic nitrogens is 2. The van der Waals surface area contributed by atoms with Crippen LogP contribution in [-0.2, 0) is 14.1 Å². The lowest BCUT2D eigenvalue weighted by Crippen LogP contribution is -2.43. The highest BCUT2D eigenvalue weighted by molar-refractivity contribution is 6.30. The zero-order valence-electron chi connectivity index (χ0n) is 16.1. The summed E-state index contributed by atoms with van der Waals surface area (Å²) in [5.74, 6) is -0.369. The van der Waals surface area contributed by atoms with Gasteiger partial charge in [0.05, 0.1) is 22.7 Å². The second-order valence-corrected chi connectivity index (χ2v) is 7.69. The Hall–Kier alpha value is -3.58. The monoisotopic (exact) mass is 421 g/mol. The molecule has 0 aliphatic carbocycles. The third-order valence-corrected chi connectivity index (χ3v) is 5.82. The van der Waals surface area contributed by atoms with Crippen molar-refractivity contribution in [2.75, 3.05) is 5.32 Å². The van der Waals surface area contributed by atoms with Crippen molar-refractivity contribution in [3.63, 3.8) is 0 Å². The van der Waals surface area contributed by atoms with Crippen LogP contribution in [0.5, 0.6) is 0 Å². The molecule has 30 heavy (non-hydrogen) atoms. The van der Waals surface area contributed by atoms with Crippen molar-refractivity contribution < 1.29 is 4.42 Å². The van der Waals surface area contributed by atoms with Gasteiger partial charge in [-0.2, -0.15) is 0 Å². The molecule has 0 spiro atoms. The Bertz CT molecular complexity index is 1510. The molecule has 2 aromatic heterocycles. The van der Waals surface area contributed by atoms with Gasteiger partial charge in [0.15, 0.2) is 0 Å². The third kappa shape index (κ3) is 2.48. The maximum Gasteiger partial charge on any atom is 0.342 e. The summed E-state index contributed by atoms with van der Waals surface area (Å²) in [6, 6.07) is 14.1. The first-order valence-electron chi connectivity index (χ1n) is 9.26. The normalized spacial score (nSPS) is 14.8. The van der Waals surface area contributed by atoms with Crippen molar-refractivity contribution in [2.45, 2.75) is 5.92 Å². The van der Waals surface area contributed by atoms with Crippen LogP contribution in [-0.4, -0.2) is 9.13 Å². The molecule has 0 amide bonds. The number of fused-ring (bicyclic) bond motifs is 4. The SMILES string of the molecule is Cn1c2c(c(=O)n(C)c1=O)C(c1ccc(Cl)cc1)c1c(c3ccccc3oc1=O)N2. The Morgan fingerprint density at radius 2 is 1.63 bits per heavy atom. The Labute approximate surface area is 174 Å². The van der Waals surface area contributed by atoms with Crippen LogP contribution in [0.15, 0.2) is 67.3 Å². The maximum absolute atomic E-state index is 13.2. The van der Waals surface area contributed by atoms with Crippen molar-refractivity contribution >= 4 is 34.1 Å². The lowest BCUT2D eigenvalue weighted by molar-refractivity contribution is 0.546. The number of anilines is 2. The zero-order valence-corrected chi connectivity index (χ0v) is 16.9. The molecule has 0 bridgehead atoms. The average molecular weight is 422 g/mol. The van der Waals surface area contributed by atoms with Crippen LogP contribution in [0, 0.1) is 0 Å². The van der Waals surface area contributed by atoms with Gasteiger partial charge in [-0.15, -0.1) is 0 Å². The topological polar surface area (TPSA) is 86.2 Å². The minimum absolute atomic E-state index is 0.303. The lowest BCUT2D eigenvalue weighted by Gasteiger charge is -2.30. The number of rotatable bonds is 1. The molecule has 1 N–H and O–H groups in total. The number of halogens is 1. The van der Waals surface area contributed by atoms with Crippen LogP contribution in [0.1, 0.15) is 22.6 Å². The molecular weight excluding hydrogens is 406 g/mol. The van der Waals surface area contributed by atoms with Gasteiger partial charge in [-0.3, -0.25) is 13.9 Å². The molecule has 1 aliphatic rings. The Morgan fingerprint density at radius 1 is 0.933 bits per heavy atom. The molecule has 1 aliphatic heterocycles. The number of nitrogens with zero attached hydrogens (tertiary/aromatic N) is 2. The van der Waals surface area contributed by atoms with E-state index in [1.165, 1.54) is 11.6 Å². The first-order valence-corrected chi connectivity index (χ1v) is 9.64. The van der Waals surface area contributed by atoms with Gasteiger partial charge in [-0.05, 0) is 29.8 Å². The first kappa shape index (κ1) is 18.4. The van der Waals surface area contributed by atoms with E-state index >= 15 is 0 Å². The zero-order chi connectivity index (χ0) is 21.2. The van der Waals surface area contributed by atoms with Crippen molar-refractivity contribution in [3.05, 3.63) is 102 Å². The highest BCUT2D eigenvalue weighted by atomic mass is 35.5. The number of benzene rings is 2. The molecule has 0 radical (unpaired) electrons. The van der Waals surface area contributed by atoms with Crippen molar-refractivity contribution in [2.24, 2.45) is 14.1 Å². The average Bonchev–Trinajstić information content (AvgIpc) is 2.75. The Balaban J connectivity index is 1.97. The summed E-state index contributed by atoms with van der Waals surface area (Å²) in [4.78, 5) is 38.8. The number of hydrogen-bond acceptors (Lipinski definition) is 5. The minimum atomic E-state index is -0.722. The van der Waals surface area contributed by atoms with E-state index in [1.54, 1.807) is 43.4 Å². The van der Waals surface area contributed by atoms with Gasteiger partial charge >= 0.3 is 11.3 Å². The van der Waals surface area contributed by atoms with E-state index in [4.69, 9.17) is 16.0 Å². The molecule has 4 aromatic rings. The lowest BCUT2D eigenvalue weighted by atomic mass is 9.82. The summed E-state index contributed by atoms with van der Waals surface area (Å²) in [5.41, 5.74) is 0.782. The maximum atomic E-state index is 13.2. The van der Waals surface area contributed by atoms with Crippen LogP contribution in [0.2, 0.25) is 5.02 Å². The summed E-state index contributed by atoms with van der Waals surface area (Å²) in [5, 5.41) is 4.40. The molecule has 1 atom stereocenters. The van der Waals surface area contributed by atoms with Crippen LogP contribution in [0.25, 0.3) is 11.0 Å². The molecule has 2 aromatic carbocycles. The van der Waals surface area contributed by atoms with Gasteiger partial charge in [0.1, 0.15) is 11.4 Å². The predicted molar refractivity (Wildman–Crippen MR) is 115 cm³/mol. The standard InChI is InChI=1S/C22H16ClN3O4/c1-25-19-17(20(27)26(2)22(25)29)15(11-7-9-12(23)10-8-11)16-18(24-19)13-5-3-4-6-14(13)30-21(16)28/h3-10,15,24H,1-2H3. The Morgan fingerprint density at radius 3 is 2.37 bits per heavy atom. The Kier molecular flexibility index (Phi) is 3.98. The summed E-state index contributed by atoms with van der Waals surface area (Å²) < 4.78 is 8.00. The summed E-state index contributed by atoms with van der Waals surface area (Å²) in [7, 11) is 3.01. The fourth-order valence-corrected chi connectivity index (χ4v) is 4.22. The summed E-state index contributed by atoms with van der Waals surface area (Å²) in [6.45, 7) is 0. The van der Waals surface area contributed by atoms with Crippen LogP contribution >= 0.6 is 11.6 Å². The molecule has 3 heterocycles. The largest absolute Gasteiger partial charge is 0.422 e. The molecule has 8 heteroatoms. The fraction of sp³-hybridized carbons (Fsp3) is 0.136. The second-order valence-electron chi connectivity index (χ2n) is 7.25. The van der Waals surface area contributed by atoms with E-state index in [-0.39, 0.29) is 0 Å². The molecule has 150 valence electrons. The highest BCUT2D eigenvalue weighted by Crippen LogP contribution is 2.44. The molecule has 0 saturated heterocycles. The molecular formula is C22H16ClN3O4. The van der Waals surface area contributed by atoms with E-state index < -0.39 is 22.8 Å². The van der Waals surface area contributed by atoms with E-state index in [9.17, 15) is 14.4 Å². The number of hydrogen-bond donors (Lipinski definition) is 1. The molecule has 7 nitrogen and oxygen atoms in total. The van der Waals surface area contributed by atoms with Gasteiger partial charge in [-0.1, -0.05) is 35.9 Å². The molecule has 0 fully saturated rings. The molecule has 1 unspecified atom stereocenters. The van der Waals surface area contributed by atoms with Gasteiger partial charge in [0, 0.05) is 24.5 Å². The van der Waals surface area contributed by atoms with E-state index in [0.29, 0.717) is 44.2 Å². The predicted octanol–water partition coefficient (Wildman–Crippen LogP) is 3.08. The molecule has 0 saturated carbocycles. The van der Waals surface area contributed by atoms with Gasteiger partial charge in [-0.25, -0.2) is 9.59 Å². The van der Waals surface area contributed by atoms with E-state index in [1.807, 2.05) is 12.1 Å². The number of para-hydroxylation sites is 1. The summed E-state index contributed by atoms with van der Waals surface area (Å²) in [6.07, 6.45) is 0. The summed E-state index contributed by atoms with van der Waals surface area (Å²) >= 11 is 6.06. The smallest absolute Gasteiger partial charge is 0.342 e. The van der Waals surface area contributed by atoms with E-state index in [2.05, 4.69) is 5.32 Å². The van der Waals surface area contributed by atoms with Crippen molar-refractivity contribution in [1.82, 2.24) is 9.13 Å². The quantitative estimate of drug-likeness (QED) is 0.420. The molecule has 5 rings (SSSR count). The second kappa shape index (κ2) is 6.47. The highest BCUT2D eigenvalue weighted by Gasteiger charge is 2.36. The van der Waals surface area contributed by atoms with Crippen molar-refractivity contribution in [3.8, 4) is 0 Å². The third-order valence-electron chi connectivity index (χ3n) is 5.57. The minimum Gasteiger partial charge on any atom is -0.422 e. The van der Waals surface area contributed by atoms with Crippen LogP contribution < -0.4 is 22.2 Å². The van der Waals surface area contributed by atoms with Gasteiger partial charge < -0.3 is 9.73 Å². The number of nitrogens with one attached hydrogen (secondary N) is 1. The fourth-order valence-electron chi connectivity index (χ4n) is 4.09. The van der Waals surface area contributed by atoms with Crippen LogP contribution in [0.4, 0.5) is 11.5 Å². The van der Waals surface area contributed by atoms with Gasteiger partial charge in [0.25, 0.3) is 5.56 Å².